The number of benzene rings is 1. The van der Waals surface area contributed by atoms with Crippen molar-refractivity contribution in [2.75, 3.05) is 11.9 Å². The monoisotopic (exact) mass is 286 g/mol. The number of anilines is 1. The second-order valence-electron chi connectivity index (χ2n) is 5.09. The Morgan fingerprint density at radius 2 is 2.14 bits per heavy atom. The molecule has 0 bridgehead atoms. The smallest absolute Gasteiger partial charge is 0.251 e. The van der Waals surface area contributed by atoms with E-state index in [9.17, 15) is 4.79 Å². The van der Waals surface area contributed by atoms with Crippen molar-refractivity contribution in [3.8, 4) is 0 Å². The molecule has 0 fully saturated rings. The van der Waals surface area contributed by atoms with E-state index in [4.69, 9.17) is 0 Å². The van der Waals surface area contributed by atoms with Gasteiger partial charge in [0.1, 0.15) is 0 Å². The largest absolute Gasteiger partial charge is 0.385 e. The molecule has 0 aliphatic heterocycles. The van der Waals surface area contributed by atoms with Gasteiger partial charge in [0.05, 0.1) is 12.2 Å². The van der Waals surface area contributed by atoms with Gasteiger partial charge in [0, 0.05) is 31.0 Å². The molecule has 1 aromatic heterocycles. The summed E-state index contributed by atoms with van der Waals surface area (Å²) in [5, 5.41) is 10.3. The van der Waals surface area contributed by atoms with Gasteiger partial charge in [-0.25, -0.2) is 0 Å². The zero-order valence-corrected chi connectivity index (χ0v) is 12.8. The highest BCUT2D eigenvalue weighted by Gasteiger charge is 2.08. The van der Waals surface area contributed by atoms with Gasteiger partial charge in [-0.05, 0) is 43.2 Å². The van der Waals surface area contributed by atoms with Crippen LogP contribution in [-0.2, 0) is 13.6 Å². The molecule has 2 aromatic rings. The van der Waals surface area contributed by atoms with E-state index >= 15 is 0 Å². The van der Waals surface area contributed by atoms with Gasteiger partial charge in [0.2, 0.25) is 0 Å². The highest BCUT2D eigenvalue weighted by atomic mass is 16.1. The van der Waals surface area contributed by atoms with Gasteiger partial charge in [-0.2, -0.15) is 5.10 Å². The first kappa shape index (κ1) is 15.1. The molecular weight excluding hydrogens is 264 g/mol. The average molecular weight is 286 g/mol. The summed E-state index contributed by atoms with van der Waals surface area (Å²) in [5.74, 6) is -0.0682. The van der Waals surface area contributed by atoms with Crippen LogP contribution >= 0.6 is 0 Å². The summed E-state index contributed by atoms with van der Waals surface area (Å²) in [6.45, 7) is 5.55. The molecule has 2 rings (SSSR count). The Kier molecular flexibility index (Phi) is 4.98. The van der Waals surface area contributed by atoms with Crippen LogP contribution in [0.1, 0.15) is 35.0 Å². The van der Waals surface area contributed by atoms with Crippen molar-refractivity contribution in [1.29, 1.82) is 0 Å². The van der Waals surface area contributed by atoms with Gasteiger partial charge < -0.3 is 10.6 Å². The first-order valence-electron chi connectivity index (χ1n) is 7.21. The molecule has 1 heterocycles. The zero-order valence-electron chi connectivity index (χ0n) is 12.8. The van der Waals surface area contributed by atoms with E-state index in [1.165, 1.54) is 0 Å². The lowest BCUT2D eigenvalue weighted by Gasteiger charge is -2.11. The van der Waals surface area contributed by atoms with Crippen molar-refractivity contribution in [2.45, 2.75) is 26.8 Å². The Morgan fingerprint density at radius 1 is 1.33 bits per heavy atom. The Labute approximate surface area is 125 Å². The summed E-state index contributed by atoms with van der Waals surface area (Å²) in [6.07, 6.45) is 2.80. The van der Waals surface area contributed by atoms with Crippen LogP contribution < -0.4 is 10.6 Å². The number of nitrogens with zero attached hydrogens (tertiary/aromatic N) is 2. The molecule has 112 valence electrons. The van der Waals surface area contributed by atoms with Gasteiger partial charge in [0.25, 0.3) is 5.91 Å². The van der Waals surface area contributed by atoms with E-state index in [-0.39, 0.29) is 5.91 Å². The van der Waals surface area contributed by atoms with Gasteiger partial charge >= 0.3 is 0 Å². The number of carbonyl (C=O) groups excluding carboxylic acids is 1. The minimum absolute atomic E-state index is 0.0682. The zero-order chi connectivity index (χ0) is 15.2. The second kappa shape index (κ2) is 6.92. The summed E-state index contributed by atoms with van der Waals surface area (Å²) >= 11 is 0. The molecule has 2 N–H and O–H groups in total. The van der Waals surface area contributed by atoms with Crippen molar-refractivity contribution < 1.29 is 4.79 Å². The van der Waals surface area contributed by atoms with E-state index < -0.39 is 0 Å². The third-order valence-electron chi connectivity index (χ3n) is 3.41. The average Bonchev–Trinajstić information content (AvgIpc) is 2.88. The topological polar surface area (TPSA) is 59.0 Å². The van der Waals surface area contributed by atoms with Gasteiger partial charge in [-0.3, -0.25) is 9.48 Å². The number of aryl methyl sites for hydroxylation is 2. The van der Waals surface area contributed by atoms with Crippen LogP contribution in [0.25, 0.3) is 0 Å². The van der Waals surface area contributed by atoms with E-state index in [0.717, 1.165) is 29.9 Å². The van der Waals surface area contributed by atoms with Crippen LogP contribution in [0, 0.1) is 6.92 Å². The highest BCUT2D eigenvalue weighted by Crippen LogP contribution is 2.16. The molecule has 5 heteroatoms. The van der Waals surface area contributed by atoms with Crippen molar-refractivity contribution in [3.63, 3.8) is 0 Å². The predicted octanol–water partition coefficient (Wildman–Crippen LogP) is 2.48. The van der Waals surface area contributed by atoms with Crippen molar-refractivity contribution >= 4 is 11.6 Å². The number of amides is 1. The normalized spacial score (nSPS) is 10.4. The summed E-state index contributed by atoms with van der Waals surface area (Å²) in [6, 6.07) is 7.62. The maximum Gasteiger partial charge on any atom is 0.251 e. The number of carbonyl (C=O) groups is 1. The fraction of sp³-hybridized carbons (Fsp3) is 0.375. The molecule has 0 atom stereocenters. The third kappa shape index (κ3) is 3.84. The first-order valence-corrected chi connectivity index (χ1v) is 7.21. The number of hydrogen-bond donors (Lipinski definition) is 2. The predicted molar refractivity (Wildman–Crippen MR) is 84.3 cm³/mol. The summed E-state index contributed by atoms with van der Waals surface area (Å²) in [5.41, 5.74) is 3.81. The summed E-state index contributed by atoms with van der Waals surface area (Å²) in [7, 11) is 1.86. The molecule has 0 radical (unpaired) electrons. The van der Waals surface area contributed by atoms with E-state index in [2.05, 4.69) is 22.7 Å². The van der Waals surface area contributed by atoms with Crippen LogP contribution in [0.3, 0.4) is 0 Å². The Hall–Kier alpha value is -2.30. The van der Waals surface area contributed by atoms with Crippen LogP contribution in [0.5, 0.6) is 0 Å². The Bertz CT molecular complexity index is 618. The lowest BCUT2D eigenvalue weighted by molar-refractivity contribution is 0.0950. The maximum atomic E-state index is 12.2. The fourth-order valence-electron chi connectivity index (χ4n) is 2.11. The lowest BCUT2D eigenvalue weighted by Crippen LogP contribution is -2.24. The molecule has 1 aromatic carbocycles. The van der Waals surface area contributed by atoms with Crippen LogP contribution in [0.15, 0.2) is 30.5 Å². The van der Waals surface area contributed by atoms with E-state index in [1.807, 2.05) is 38.2 Å². The summed E-state index contributed by atoms with van der Waals surface area (Å²) in [4.78, 5) is 12.2. The van der Waals surface area contributed by atoms with Crippen LogP contribution in [0.2, 0.25) is 0 Å². The standard InChI is InChI=1S/C16H22N4O/c1-4-8-17-15-6-5-13(10-12(15)2)16(21)18-11-14-7-9-19-20(14)3/h5-7,9-10,17H,4,8,11H2,1-3H3,(H,18,21). The molecule has 0 aliphatic carbocycles. The van der Waals surface area contributed by atoms with Crippen molar-refractivity contribution in [1.82, 2.24) is 15.1 Å². The minimum Gasteiger partial charge on any atom is -0.385 e. The second-order valence-corrected chi connectivity index (χ2v) is 5.09. The molecule has 0 saturated carbocycles. The molecule has 0 spiro atoms. The number of rotatable bonds is 6. The molecule has 21 heavy (non-hydrogen) atoms. The van der Waals surface area contributed by atoms with Gasteiger partial charge in [-0.1, -0.05) is 6.92 Å². The van der Waals surface area contributed by atoms with Crippen molar-refractivity contribution in [3.05, 3.63) is 47.3 Å². The lowest BCUT2D eigenvalue weighted by atomic mass is 10.1. The maximum absolute atomic E-state index is 12.2. The molecule has 0 aliphatic rings. The SMILES string of the molecule is CCCNc1ccc(C(=O)NCc2ccnn2C)cc1C. The van der Waals surface area contributed by atoms with Crippen LogP contribution in [0.4, 0.5) is 5.69 Å². The van der Waals surface area contributed by atoms with E-state index in [0.29, 0.717) is 12.1 Å². The molecule has 0 saturated heterocycles. The van der Waals surface area contributed by atoms with Crippen molar-refractivity contribution in [2.24, 2.45) is 7.05 Å². The highest BCUT2D eigenvalue weighted by molar-refractivity contribution is 5.94. The summed E-state index contributed by atoms with van der Waals surface area (Å²) < 4.78 is 1.75. The van der Waals surface area contributed by atoms with Gasteiger partial charge in [0.15, 0.2) is 0 Å². The number of aromatic nitrogens is 2. The molecule has 1 amide bonds. The fourth-order valence-corrected chi connectivity index (χ4v) is 2.11. The third-order valence-corrected chi connectivity index (χ3v) is 3.41. The quantitative estimate of drug-likeness (QED) is 0.857. The number of hydrogen-bond acceptors (Lipinski definition) is 3. The van der Waals surface area contributed by atoms with E-state index in [1.54, 1.807) is 10.9 Å². The molecule has 0 unspecified atom stereocenters. The molecular formula is C16H22N4O. The Balaban J connectivity index is 1.99. The van der Waals surface area contributed by atoms with Crippen LogP contribution in [-0.4, -0.2) is 22.2 Å². The Morgan fingerprint density at radius 3 is 2.76 bits per heavy atom. The van der Waals surface area contributed by atoms with Gasteiger partial charge in [-0.15, -0.1) is 0 Å². The number of nitrogens with one attached hydrogen (secondary N) is 2. The molecule has 5 nitrogen and oxygen atoms in total. The minimum atomic E-state index is -0.0682. The first-order chi connectivity index (χ1) is 10.1.